The minimum Gasteiger partial charge on any atom is -0.468 e. The molecule has 0 bridgehead atoms. The number of fused-ring (bicyclic) bond motifs is 1. The van der Waals surface area contributed by atoms with Crippen molar-refractivity contribution in [1.82, 2.24) is 5.32 Å². The smallest absolute Gasteiger partial charge is 0.325 e. The number of ether oxygens (including phenoxy) is 1. The molecule has 1 amide bonds. The Labute approximate surface area is 123 Å². The van der Waals surface area contributed by atoms with Gasteiger partial charge in [0.25, 0.3) is 5.91 Å². The summed E-state index contributed by atoms with van der Waals surface area (Å²) in [5.41, 5.74) is 0. The van der Waals surface area contributed by atoms with E-state index in [0.717, 1.165) is 4.70 Å². The molecule has 0 spiro atoms. The van der Waals surface area contributed by atoms with Crippen LogP contribution in [0.2, 0.25) is 10.0 Å². The lowest BCUT2D eigenvalue weighted by Gasteiger charge is -2.02. The van der Waals surface area contributed by atoms with Crippen LogP contribution in [0.5, 0.6) is 0 Å². The van der Waals surface area contributed by atoms with Crippen LogP contribution in [0.4, 0.5) is 0 Å². The van der Waals surface area contributed by atoms with E-state index in [-0.39, 0.29) is 6.54 Å². The number of benzene rings is 1. The molecule has 0 fully saturated rings. The van der Waals surface area contributed by atoms with Gasteiger partial charge in [-0.2, -0.15) is 0 Å². The van der Waals surface area contributed by atoms with Gasteiger partial charge in [0.1, 0.15) is 11.4 Å². The van der Waals surface area contributed by atoms with Crippen LogP contribution in [-0.4, -0.2) is 25.5 Å². The van der Waals surface area contributed by atoms with Crippen molar-refractivity contribution in [3.8, 4) is 0 Å². The fourth-order valence-electron chi connectivity index (χ4n) is 1.52. The van der Waals surface area contributed by atoms with Crippen molar-refractivity contribution in [3.63, 3.8) is 0 Å². The first-order chi connectivity index (χ1) is 9.04. The van der Waals surface area contributed by atoms with E-state index in [1.54, 1.807) is 12.1 Å². The Bertz CT molecular complexity index is 654. The summed E-state index contributed by atoms with van der Waals surface area (Å²) in [6.45, 7) is -0.201. The summed E-state index contributed by atoms with van der Waals surface area (Å²) < 4.78 is 5.26. The quantitative estimate of drug-likeness (QED) is 0.885. The molecule has 1 aromatic carbocycles. The number of hydrogen-bond acceptors (Lipinski definition) is 4. The summed E-state index contributed by atoms with van der Waals surface area (Å²) in [4.78, 5) is 23.2. The van der Waals surface area contributed by atoms with E-state index >= 15 is 0 Å². The Balaban J connectivity index is 2.30. The second kappa shape index (κ2) is 5.77. The number of thiophene rings is 1. The highest BCUT2D eigenvalue weighted by Crippen LogP contribution is 2.39. The third-order valence-corrected chi connectivity index (χ3v) is 4.39. The zero-order chi connectivity index (χ0) is 14.0. The van der Waals surface area contributed by atoms with E-state index in [2.05, 4.69) is 10.1 Å². The molecule has 0 aliphatic rings. The Morgan fingerprint density at radius 3 is 2.74 bits per heavy atom. The molecule has 0 radical (unpaired) electrons. The lowest BCUT2D eigenvalue weighted by atomic mass is 10.2. The van der Waals surface area contributed by atoms with Crippen LogP contribution in [0.1, 0.15) is 9.67 Å². The predicted octanol–water partition coefficient (Wildman–Crippen LogP) is 3.11. The number of halogens is 2. The van der Waals surface area contributed by atoms with E-state index < -0.39 is 11.9 Å². The minimum atomic E-state index is -0.524. The van der Waals surface area contributed by atoms with Gasteiger partial charge in [0.2, 0.25) is 0 Å². The van der Waals surface area contributed by atoms with Crippen molar-refractivity contribution in [2.75, 3.05) is 13.7 Å². The minimum absolute atomic E-state index is 0.201. The van der Waals surface area contributed by atoms with Crippen LogP contribution in [0.25, 0.3) is 10.1 Å². The molecule has 100 valence electrons. The number of methoxy groups -OCH3 is 1. The zero-order valence-electron chi connectivity index (χ0n) is 9.83. The average Bonchev–Trinajstić information content (AvgIpc) is 2.74. The number of carbonyl (C=O) groups is 2. The molecular formula is C12H9Cl2NO3S. The normalized spacial score (nSPS) is 10.5. The van der Waals surface area contributed by atoms with Gasteiger partial charge in [0.05, 0.1) is 17.2 Å². The maximum atomic E-state index is 11.9. The zero-order valence-corrected chi connectivity index (χ0v) is 12.2. The molecule has 2 rings (SSSR count). The molecule has 0 aliphatic heterocycles. The number of esters is 1. The van der Waals surface area contributed by atoms with E-state index in [1.165, 1.54) is 18.4 Å². The molecule has 0 atom stereocenters. The molecule has 4 nitrogen and oxygen atoms in total. The number of carbonyl (C=O) groups excluding carboxylic acids is 2. The Morgan fingerprint density at radius 2 is 2.11 bits per heavy atom. The van der Waals surface area contributed by atoms with Gasteiger partial charge in [-0.3, -0.25) is 9.59 Å². The third kappa shape index (κ3) is 2.83. The summed E-state index contributed by atoms with van der Waals surface area (Å²) in [5, 5.41) is 3.88. The van der Waals surface area contributed by atoms with Gasteiger partial charge in [-0.1, -0.05) is 29.3 Å². The highest BCUT2D eigenvalue weighted by Gasteiger charge is 2.19. The second-order valence-electron chi connectivity index (χ2n) is 3.62. The van der Waals surface area contributed by atoms with E-state index in [0.29, 0.717) is 20.3 Å². The van der Waals surface area contributed by atoms with Gasteiger partial charge in [0, 0.05) is 10.1 Å². The number of hydrogen-bond donors (Lipinski definition) is 1. The first-order valence-corrected chi connectivity index (χ1v) is 6.83. The summed E-state index contributed by atoms with van der Waals surface area (Å²) in [7, 11) is 1.25. The molecule has 1 heterocycles. The molecule has 2 aromatic rings. The van der Waals surface area contributed by atoms with Crippen molar-refractivity contribution in [2.24, 2.45) is 0 Å². The molecule has 7 heteroatoms. The van der Waals surface area contributed by atoms with E-state index in [1.807, 2.05) is 6.07 Å². The number of amides is 1. The van der Waals surface area contributed by atoms with Crippen molar-refractivity contribution in [3.05, 3.63) is 33.1 Å². The van der Waals surface area contributed by atoms with Crippen LogP contribution in [-0.2, 0) is 9.53 Å². The molecule has 0 unspecified atom stereocenters. The fraction of sp³-hybridized carbons (Fsp3) is 0.167. The molecule has 0 saturated carbocycles. The fourth-order valence-corrected chi connectivity index (χ4v) is 3.39. The topological polar surface area (TPSA) is 55.4 Å². The Morgan fingerprint density at radius 1 is 1.37 bits per heavy atom. The Hall–Kier alpha value is -1.30. The lowest BCUT2D eigenvalue weighted by molar-refractivity contribution is -0.139. The summed E-state index contributed by atoms with van der Waals surface area (Å²) in [6.07, 6.45) is 0. The average molecular weight is 318 g/mol. The van der Waals surface area contributed by atoms with Gasteiger partial charge in [-0.25, -0.2) is 0 Å². The van der Waals surface area contributed by atoms with Crippen molar-refractivity contribution in [2.45, 2.75) is 0 Å². The summed E-state index contributed by atoms with van der Waals surface area (Å²) >= 11 is 13.4. The maximum Gasteiger partial charge on any atom is 0.325 e. The van der Waals surface area contributed by atoms with Crippen molar-refractivity contribution >= 4 is 56.5 Å². The molecule has 1 aromatic heterocycles. The van der Waals surface area contributed by atoms with Crippen molar-refractivity contribution in [1.29, 1.82) is 0 Å². The molecule has 0 aliphatic carbocycles. The van der Waals surface area contributed by atoms with Crippen LogP contribution in [0.3, 0.4) is 0 Å². The van der Waals surface area contributed by atoms with E-state index in [4.69, 9.17) is 23.2 Å². The highest BCUT2D eigenvalue weighted by atomic mass is 35.5. The van der Waals surface area contributed by atoms with Crippen molar-refractivity contribution < 1.29 is 14.3 Å². The highest BCUT2D eigenvalue weighted by molar-refractivity contribution is 7.21. The number of nitrogens with one attached hydrogen (secondary N) is 1. The Kier molecular flexibility index (Phi) is 4.29. The van der Waals surface area contributed by atoms with Crippen LogP contribution in [0, 0.1) is 0 Å². The first-order valence-electron chi connectivity index (χ1n) is 5.26. The number of rotatable bonds is 3. The first kappa shape index (κ1) is 14.1. The van der Waals surface area contributed by atoms with Gasteiger partial charge in [-0.05, 0) is 12.1 Å². The van der Waals surface area contributed by atoms with Gasteiger partial charge in [-0.15, -0.1) is 11.3 Å². The molecular weight excluding hydrogens is 309 g/mol. The van der Waals surface area contributed by atoms with E-state index in [9.17, 15) is 9.59 Å². The monoisotopic (exact) mass is 317 g/mol. The standard InChI is InChI=1S/C12H9Cl2NO3S/c1-18-8(16)5-15-12(17)11-10(14)9-6(13)3-2-4-7(9)19-11/h2-4H,5H2,1H3,(H,15,17). The molecule has 1 N–H and O–H groups in total. The summed E-state index contributed by atoms with van der Waals surface area (Å²) in [6, 6.07) is 5.32. The van der Waals surface area contributed by atoms with Gasteiger partial charge >= 0.3 is 5.97 Å². The van der Waals surface area contributed by atoms with Crippen LogP contribution < -0.4 is 5.32 Å². The predicted molar refractivity (Wildman–Crippen MR) is 76.2 cm³/mol. The summed E-state index contributed by atoms with van der Waals surface area (Å²) in [5.74, 6) is -0.948. The molecule has 0 saturated heterocycles. The largest absolute Gasteiger partial charge is 0.468 e. The second-order valence-corrected chi connectivity index (χ2v) is 5.45. The van der Waals surface area contributed by atoms with Crippen LogP contribution >= 0.6 is 34.5 Å². The third-order valence-electron chi connectivity index (χ3n) is 2.43. The van der Waals surface area contributed by atoms with Crippen LogP contribution in [0.15, 0.2) is 18.2 Å². The molecule has 19 heavy (non-hydrogen) atoms. The van der Waals surface area contributed by atoms with Gasteiger partial charge in [0.15, 0.2) is 0 Å². The SMILES string of the molecule is COC(=O)CNC(=O)c1sc2cccc(Cl)c2c1Cl. The lowest BCUT2D eigenvalue weighted by Crippen LogP contribution is -2.29. The maximum absolute atomic E-state index is 11.9. The van der Waals surface area contributed by atoms with Gasteiger partial charge < -0.3 is 10.1 Å².